The predicted octanol–water partition coefficient (Wildman–Crippen LogP) is 6.17. The number of anilines is 1. The number of fused-ring (bicyclic) bond motifs is 1. The van der Waals surface area contributed by atoms with Crippen LogP contribution in [-0.2, 0) is 6.54 Å². The van der Waals surface area contributed by atoms with Crippen molar-refractivity contribution in [1.82, 2.24) is 14.8 Å². The van der Waals surface area contributed by atoms with Crippen molar-refractivity contribution in [2.24, 2.45) is 0 Å². The summed E-state index contributed by atoms with van der Waals surface area (Å²) in [5.41, 5.74) is 12.5. The third kappa shape index (κ3) is 4.73. The molecule has 6 rings (SSSR count). The lowest BCUT2D eigenvalue weighted by Crippen LogP contribution is -2.48. The second kappa shape index (κ2) is 10.2. The molecule has 0 bridgehead atoms. The van der Waals surface area contributed by atoms with Crippen molar-refractivity contribution < 1.29 is 4.79 Å². The Labute approximate surface area is 220 Å². The minimum atomic E-state index is 0.000124. The molecule has 3 aromatic carbocycles. The smallest absolute Gasteiger partial charge is 0.266 e. The Hall–Kier alpha value is -4.00. The Kier molecular flexibility index (Phi) is 6.43. The number of rotatable bonds is 5. The number of amides is 1. The standard InChI is InChI=1S/C31H28N4OS/c32-28-27-25(23-12-6-2-7-13-23)20-26(24-14-8-3-9-15-24)33-30(27)37-29(28)31(36)35-18-16-34(17-19-35)21-22-10-4-1-5-11-22/h1-15,20H,16-19,21,32H2. The molecular formula is C31H28N4OS. The number of carbonyl (C=O) groups excluding carboxylic acids is 1. The lowest BCUT2D eigenvalue weighted by Gasteiger charge is -2.34. The van der Waals surface area contributed by atoms with Gasteiger partial charge in [-0.05, 0) is 22.8 Å². The van der Waals surface area contributed by atoms with E-state index in [0.29, 0.717) is 23.7 Å². The average Bonchev–Trinajstić information content (AvgIpc) is 3.30. The van der Waals surface area contributed by atoms with Gasteiger partial charge in [0.25, 0.3) is 5.91 Å². The molecule has 0 aliphatic carbocycles. The molecule has 0 atom stereocenters. The second-order valence-electron chi connectivity index (χ2n) is 9.37. The molecule has 37 heavy (non-hydrogen) atoms. The molecule has 6 heteroatoms. The summed E-state index contributed by atoms with van der Waals surface area (Å²) in [4.78, 5) is 24.3. The van der Waals surface area contributed by atoms with Crippen LogP contribution < -0.4 is 5.73 Å². The summed E-state index contributed by atoms with van der Waals surface area (Å²) in [5, 5.41) is 0.863. The number of carbonyl (C=O) groups is 1. The summed E-state index contributed by atoms with van der Waals surface area (Å²) in [6.45, 7) is 3.97. The quantitative estimate of drug-likeness (QED) is 0.311. The molecule has 0 saturated carbocycles. The number of nitrogens with two attached hydrogens (primary N) is 1. The van der Waals surface area contributed by atoms with Gasteiger partial charge >= 0.3 is 0 Å². The first-order valence-electron chi connectivity index (χ1n) is 12.6. The van der Waals surface area contributed by atoms with Gasteiger partial charge in [0.05, 0.1) is 11.4 Å². The SMILES string of the molecule is Nc1c(C(=O)N2CCN(Cc3ccccc3)CC2)sc2nc(-c3ccccc3)cc(-c3ccccc3)c12. The van der Waals surface area contributed by atoms with Gasteiger partial charge in [0.1, 0.15) is 9.71 Å². The molecule has 1 saturated heterocycles. The number of piperazine rings is 1. The van der Waals surface area contributed by atoms with Crippen LogP contribution in [0.2, 0.25) is 0 Å². The Morgan fingerprint density at radius 3 is 2.05 bits per heavy atom. The van der Waals surface area contributed by atoms with E-state index in [0.717, 1.165) is 52.2 Å². The summed E-state index contributed by atoms with van der Waals surface area (Å²) >= 11 is 1.41. The highest BCUT2D eigenvalue weighted by atomic mass is 32.1. The van der Waals surface area contributed by atoms with Crippen LogP contribution in [0.15, 0.2) is 97.1 Å². The van der Waals surface area contributed by atoms with Gasteiger partial charge in [0.2, 0.25) is 0 Å². The molecule has 2 aromatic heterocycles. The lowest BCUT2D eigenvalue weighted by molar-refractivity contribution is 0.0634. The van der Waals surface area contributed by atoms with Gasteiger partial charge in [-0.1, -0.05) is 91.0 Å². The molecule has 1 amide bonds. The molecule has 1 aliphatic rings. The van der Waals surface area contributed by atoms with Gasteiger partial charge in [-0.3, -0.25) is 9.69 Å². The molecule has 5 nitrogen and oxygen atoms in total. The van der Waals surface area contributed by atoms with Crippen molar-refractivity contribution in [1.29, 1.82) is 0 Å². The normalized spacial score (nSPS) is 14.2. The van der Waals surface area contributed by atoms with Crippen LogP contribution in [0.5, 0.6) is 0 Å². The Bertz CT molecular complexity index is 1530. The number of nitrogen functional groups attached to an aromatic ring is 1. The predicted molar refractivity (Wildman–Crippen MR) is 153 cm³/mol. The minimum absolute atomic E-state index is 0.000124. The van der Waals surface area contributed by atoms with E-state index in [1.54, 1.807) is 0 Å². The van der Waals surface area contributed by atoms with Crippen molar-refractivity contribution in [3.63, 3.8) is 0 Å². The van der Waals surface area contributed by atoms with Crippen molar-refractivity contribution >= 4 is 33.1 Å². The van der Waals surface area contributed by atoms with E-state index < -0.39 is 0 Å². The van der Waals surface area contributed by atoms with Crippen LogP contribution in [0.4, 0.5) is 5.69 Å². The van der Waals surface area contributed by atoms with Crippen molar-refractivity contribution in [2.45, 2.75) is 6.54 Å². The average molecular weight is 505 g/mol. The van der Waals surface area contributed by atoms with Crippen molar-refractivity contribution in [2.75, 3.05) is 31.9 Å². The Balaban J connectivity index is 1.32. The molecule has 1 aliphatic heterocycles. The molecule has 0 spiro atoms. The van der Waals surface area contributed by atoms with Crippen LogP contribution in [-0.4, -0.2) is 46.9 Å². The molecule has 1 fully saturated rings. The lowest BCUT2D eigenvalue weighted by atomic mass is 9.99. The summed E-state index contributed by atoms with van der Waals surface area (Å²) in [5.74, 6) is 0.000124. The number of pyridine rings is 1. The van der Waals surface area contributed by atoms with E-state index in [4.69, 9.17) is 10.7 Å². The van der Waals surface area contributed by atoms with Gasteiger partial charge in [-0.25, -0.2) is 4.98 Å². The molecule has 5 aromatic rings. The first-order valence-corrected chi connectivity index (χ1v) is 13.4. The molecule has 0 unspecified atom stereocenters. The Morgan fingerprint density at radius 1 is 0.811 bits per heavy atom. The summed E-state index contributed by atoms with van der Waals surface area (Å²) in [6.07, 6.45) is 0. The fourth-order valence-electron chi connectivity index (χ4n) is 4.98. The van der Waals surface area contributed by atoms with E-state index in [-0.39, 0.29) is 5.91 Å². The molecule has 3 heterocycles. The maximum absolute atomic E-state index is 13.7. The summed E-state index contributed by atoms with van der Waals surface area (Å²) in [7, 11) is 0. The topological polar surface area (TPSA) is 62.5 Å². The monoisotopic (exact) mass is 504 g/mol. The number of hydrogen-bond acceptors (Lipinski definition) is 5. The van der Waals surface area contributed by atoms with Gasteiger partial charge in [0.15, 0.2) is 0 Å². The number of nitrogens with zero attached hydrogens (tertiary/aromatic N) is 3. The van der Waals surface area contributed by atoms with Crippen molar-refractivity contribution in [3.8, 4) is 22.4 Å². The molecule has 184 valence electrons. The van der Waals surface area contributed by atoms with Crippen LogP contribution >= 0.6 is 11.3 Å². The molecule has 2 N–H and O–H groups in total. The van der Waals surface area contributed by atoms with Crippen LogP contribution in [0.1, 0.15) is 15.2 Å². The number of aromatic nitrogens is 1. The minimum Gasteiger partial charge on any atom is -0.397 e. The summed E-state index contributed by atoms with van der Waals surface area (Å²) in [6, 6.07) is 32.9. The van der Waals surface area contributed by atoms with Gasteiger partial charge < -0.3 is 10.6 Å². The zero-order valence-corrected chi connectivity index (χ0v) is 21.3. The zero-order chi connectivity index (χ0) is 25.2. The maximum Gasteiger partial charge on any atom is 0.266 e. The molecular weight excluding hydrogens is 476 g/mol. The zero-order valence-electron chi connectivity index (χ0n) is 20.5. The highest BCUT2D eigenvalue weighted by Crippen LogP contribution is 2.41. The van der Waals surface area contributed by atoms with Crippen molar-refractivity contribution in [3.05, 3.63) is 108 Å². The number of benzene rings is 3. The second-order valence-corrected chi connectivity index (χ2v) is 10.4. The third-order valence-electron chi connectivity index (χ3n) is 6.96. The maximum atomic E-state index is 13.7. The summed E-state index contributed by atoms with van der Waals surface area (Å²) < 4.78 is 0. The third-order valence-corrected chi connectivity index (χ3v) is 8.04. The number of hydrogen-bond donors (Lipinski definition) is 1. The number of thiophene rings is 1. The highest BCUT2D eigenvalue weighted by Gasteiger charge is 2.27. The molecule has 0 radical (unpaired) electrons. The van der Waals surface area contributed by atoms with Crippen LogP contribution in [0.3, 0.4) is 0 Å². The van der Waals surface area contributed by atoms with Gasteiger partial charge in [-0.15, -0.1) is 11.3 Å². The van der Waals surface area contributed by atoms with E-state index in [1.807, 2.05) is 47.4 Å². The fraction of sp³-hybridized carbons (Fsp3) is 0.161. The largest absolute Gasteiger partial charge is 0.397 e. The Morgan fingerprint density at radius 2 is 1.41 bits per heavy atom. The van der Waals surface area contributed by atoms with Crippen LogP contribution in [0.25, 0.3) is 32.6 Å². The van der Waals surface area contributed by atoms with Gasteiger partial charge in [-0.2, -0.15) is 0 Å². The van der Waals surface area contributed by atoms with E-state index in [1.165, 1.54) is 16.9 Å². The fourth-order valence-corrected chi connectivity index (χ4v) is 6.06. The van der Waals surface area contributed by atoms with E-state index in [9.17, 15) is 4.79 Å². The van der Waals surface area contributed by atoms with E-state index in [2.05, 4.69) is 59.5 Å². The van der Waals surface area contributed by atoms with Gasteiger partial charge in [0, 0.05) is 43.7 Å². The first kappa shape index (κ1) is 23.4. The highest BCUT2D eigenvalue weighted by molar-refractivity contribution is 7.21. The van der Waals surface area contributed by atoms with E-state index >= 15 is 0 Å². The van der Waals surface area contributed by atoms with Crippen LogP contribution in [0, 0.1) is 0 Å². The first-order chi connectivity index (χ1) is 18.2.